The summed E-state index contributed by atoms with van der Waals surface area (Å²) >= 11 is 6.10. The van der Waals surface area contributed by atoms with E-state index in [1.165, 1.54) is 0 Å². The number of morpholine rings is 1. The van der Waals surface area contributed by atoms with Gasteiger partial charge in [0, 0.05) is 64.8 Å². The van der Waals surface area contributed by atoms with Gasteiger partial charge in [-0.2, -0.15) is 0 Å². The van der Waals surface area contributed by atoms with Gasteiger partial charge in [-0.15, -0.1) is 0 Å². The standard InChI is InChI=1S/C22H32ClN5O2/c1-24-22(27(3)17-20-14-19(23)16-26(20)2)25-15-18-6-4-5-7-21(18)30-13-10-28-8-11-29-12-9-28/h4-7,14,16H,8-13,15,17H2,1-3H3,(H,24,25). The number of hydrogen-bond acceptors (Lipinski definition) is 4. The van der Waals surface area contributed by atoms with Gasteiger partial charge in [-0.25, -0.2) is 0 Å². The Kier molecular flexibility index (Phi) is 8.42. The molecule has 0 bridgehead atoms. The molecule has 0 amide bonds. The summed E-state index contributed by atoms with van der Waals surface area (Å²) in [6.45, 7) is 6.49. The van der Waals surface area contributed by atoms with Crippen molar-refractivity contribution in [2.45, 2.75) is 13.1 Å². The van der Waals surface area contributed by atoms with Gasteiger partial charge >= 0.3 is 0 Å². The Hall–Kier alpha value is -2.22. The van der Waals surface area contributed by atoms with E-state index in [-0.39, 0.29) is 0 Å². The van der Waals surface area contributed by atoms with Crippen LogP contribution in [0.15, 0.2) is 41.5 Å². The van der Waals surface area contributed by atoms with Gasteiger partial charge in [0.15, 0.2) is 5.96 Å². The third-order valence-corrected chi connectivity index (χ3v) is 5.43. The smallest absolute Gasteiger partial charge is 0.194 e. The first-order valence-electron chi connectivity index (χ1n) is 10.3. The molecule has 1 aliphatic heterocycles. The molecule has 2 aromatic rings. The quantitative estimate of drug-likeness (QED) is 0.512. The van der Waals surface area contributed by atoms with Gasteiger partial charge in [0.1, 0.15) is 12.4 Å². The molecule has 7 nitrogen and oxygen atoms in total. The number of aromatic nitrogens is 1. The minimum Gasteiger partial charge on any atom is -0.492 e. The minimum atomic E-state index is 0.638. The Morgan fingerprint density at radius 3 is 2.77 bits per heavy atom. The van der Waals surface area contributed by atoms with Crippen molar-refractivity contribution in [1.82, 2.24) is 19.7 Å². The molecule has 0 atom stereocenters. The second-order valence-electron chi connectivity index (χ2n) is 7.43. The molecule has 0 unspecified atom stereocenters. The van der Waals surface area contributed by atoms with Crippen LogP contribution in [0.4, 0.5) is 0 Å². The predicted molar refractivity (Wildman–Crippen MR) is 121 cm³/mol. The van der Waals surface area contributed by atoms with Crippen LogP contribution in [0.2, 0.25) is 5.02 Å². The normalized spacial score (nSPS) is 15.3. The van der Waals surface area contributed by atoms with E-state index >= 15 is 0 Å². The first kappa shape index (κ1) is 22.5. The zero-order valence-corrected chi connectivity index (χ0v) is 18.9. The fourth-order valence-electron chi connectivity index (χ4n) is 3.50. The molecule has 1 saturated heterocycles. The van der Waals surface area contributed by atoms with Crippen LogP contribution < -0.4 is 10.1 Å². The van der Waals surface area contributed by atoms with Crippen molar-refractivity contribution in [2.24, 2.45) is 12.0 Å². The summed E-state index contributed by atoms with van der Waals surface area (Å²) in [7, 11) is 5.80. The number of halogens is 1. The van der Waals surface area contributed by atoms with Gasteiger partial charge in [0.25, 0.3) is 0 Å². The first-order chi connectivity index (χ1) is 14.6. The summed E-state index contributed by atoms with van der Waals surface area (Å²) in [4.78, 5) is 8.87. The summed E-state index contributed by atoms with van der Waals surface area (Å²) in [5.41, 5.74) is 2.23. The van der Waals surface area contributed by atoms with Crippen molar-refractivity contribution < 1.29 is 9.47 Å². The van der Waals surface area contributed by atoms with E-state index in [0.717, 1.165) is 60.8 Å². The Morgan fingerprint density at radius 1 is 1.30 bits per heavy atom. The second kappa shape index (κ2) is 11.2. The molecular formula is C22H32ClN5O2. The molecule has 1 aromatic heterocycles. The lowest BCUT2D eigenvalue weighted by atomic mass is 10.2. The van der Waals surface area contributed by atoms with Gasteiger partial charge < -0.3 is 24.3 Å². The molecule has 8 heteroatoms. The Bertz CT molecular complexity index is 833. The van der Waals surface area contributed by atoms with E-state index in [1.807, 2.05) is 49.1 Å². The largest absolute Gasteiger partial charge is 0.492 e. The SMILES string of the molecule is CN=C(NCc1ccccc1OCCN1CCOCC1)N(C)Cc1cc(Cl)cn1C. The number of benzene rings is 1. The van der Waals surface area contributed by atoms with E-state index in [0.29, 0.717) is 19.7 Å². The molecule has 1 N–H and O–H groups in total. The van der Waals surface area contributed by atoms with Gasteiger partial charge in [-0.05, 0) is 12.1 Å². The van der Waals surface area contributed by atoms with E-state index < -0.39 is 0 Å². The average molecular weight is 434 g/mol. The van der Waals surface area contributed by atoms with Crippen LogP contribution in [0.1, 0.15) is 11.3 Å². The van der Waals surface area contributed by atoms with Crippen molar-refractivity contribution >= 4 is 17.6 Å². The maximum Gasteiger partial charge on any atom is 0.194 e. The molecule has 0 saturated carbocycles. The summed E-state index contributed by atoms with van der Waals surface area (Å²) in [5.74, 6) is 1.72. The van der Waals surface area contributed by atoms with Crippen molar-refractivity contribution in [2.75, 3.05) is 53.6 Å². The molecule has 0 radical (unpaired) electrons. The van der Waals surface area contributed by atoms with Crippen molar-refractivity contribution in [3.63, 3.8) is 0 Å². The lowest BCUT2D eigenvalue weighted by Gasteiger charge is -2.26. The summed E-state index contributed by atoms with van der Waals surface area (Å²) < 4.78 is 13.5. The number of nitrogens with zero attached hydrogens (tertiary/aromatic N) is 4. The monoisotopic (exact) mass is 433 g/mol. The molecule has 1 aromatic carbocycles. The number of guanidine groups is 1. The Labute approximate surface area is 184 Å². The van der Waals surface area contributed by atoms with E-state index in [4.69, 9.17) is 21.1 Å². The van der Waals surface area contributed by atoms with Crippen LogP contribution in [0.25, 0.3) is 0 Å². The highest BCUT2D eigenvalue weighted by molar-refractivity contribution is 6.30. The van der Waals surface area contributed by atoms with Gasteiger partial charge in [-0.1, -0.05) is 29.8 Å². The van der Waals surface area contributed by atoms with E-state index in [2.05, 4.69) is 26.2 Å². The van der Waals surface area contributed by atoms with E-state index in [1.54, 1.807) is 7.05 Å². The van der Waals surface area contributed by atoms with E-state index in [9.17, 15) is 0 Å². The summed E-state index contributed by atoms with van der Waals surface area (Å²) in [6, 6.07) is 10.1. The molecule has 0 aliphatic carbocycles. The molecule has 0 spiro atoms. The maximum atomic E-state index is 6.10. The number of hydrogen-bond donors (Lipinski definition) is 1. The van der Waals surface area contributed by atoms with Crippen molar-refractivity contribution in [1.29, 1.82) is 0 Å². The Balaban J connectivity index is 1.52. The van der Waals surface area contributed by atoms with Crippen LogP contribution >= 0.6 is 11.6 Å². The third-order valence-electron chi connectivity index (χ3n) is 5.23. The molecule has 164 valence electrons. The lowest BCUT2D eigenvalue weighted by molar-refractivity contribution is 0.0322. The van der Waals surface area contributed by atoms with Crippen LogP contribution in [0.3, 0.4) is 0 Å². The van der Waals surface area contributed by atoms with Gasteiger partial charge in [-0.3, -0.25) is 9.89 Å². The Morgan fingerprint density at radius 2 is 2.07 bits per heavy atom. The second-order valence-corrected chi connectivity index (χ2v) is 7.86. The van der Waals surface area contributed by atoms with Gasteiger partial charge in [0.05, 0.1) is 24.8 Å². The van der Waals surface area contributed by atoms with Crippen LogP contribution in [-0.2, 0) is 24.9 Å². The maximum absolute atomic E-state index is 6.10. The number of aryl methyl sites for hydroxylation is 1. The molecule has 3 rings (SSSR count). The minimum absolute atomic E-state index is 0.638. The fraction of sp³-hybridized carbons (Fsp3) is 0.500. The average Bonchev–Trinajstić information content (AvgIpc) is 3.06. The molecule has 1 aliphatic rings. The topological polar surface area (TPSA) is 54.3 Å². The summed E-state index contributed by atoms with van der Waals surface area (Å²) in [5, 5.41) is 4.18. The fourth-order valence-corrected chi connectivity index (χ4v) is 3.77. The van der Waals surface area contributed by atoms with Gasteiger partial charge in [0.2, 0.25) is 0 Å². The zero-order valence-electron chi connectivity index (χ0n) is 18.1. The van der Waals surface area contributed by atoms with Crippen molar-refractivity contribution in [3.05, 3.63) is 52.8 Å². The number of nitrogens with one attached hydrogen (secondary N) is 1. The molecule has 30 heavy (non-hydrogen) atoms. The highest BCUT2D eigenvalue weighted by Crippen LogP contribution is 2.18. The molecular weight excluding hydrogens is 402 g/mol. The van der Waals surface area contributed by atoms with Crippen LogP contribution in [0.5, 0.6) is 5.75 Å². The number of ether oxygens (including phenoxy) is 2. The molecule has 2 heterocycles. The number of aliphatic imine (C=N–C) groups is 1. The number of para-hydroxylation sites is 1. The highest BCUT2D eigenvalue weighted by atomic mass is 35.5. The predicted octanol–water partition coefficient (Wildman–Crippen LogP) is 2.60. The highest BCUT2D eigenvalue weighted by Gasteiger charge is 2.12. The lowest BCUT2D eigenvalue weighted by Crippen LogP contribution is -2.39. The zero-order chi connectivity index (χ0) is 21.3. The van der Waals surface area contributed by atoms with Crippen LogP contribution in [-0.4, -0.2) is 73.9 Å². The molecule has 1 fully saturated rings. The third kappa shape index (κ3) is 6.39. The van der Waals surface area contributed by atoms with Crippen LogP contribution in [0, 0.1) is 0 Å². The summed E-state index contributed by atoms with van der Waals surface area (Å²) in [6.07, 6.45) is 1.91. The first-order valence-corrected chi connectivity index (χ1v) is 10.7. The number of rotatable bonds is 8. The van der Waals surface area contributed by atoms with Crippen molar-refractivity contribution in [3.8, 4) is 5.75 Å².